The van der Waals surface area contributed by atoms with Gasteiger partial charge in [0.05, 0.1) is 11.4 Å². The van der Waals surface area contributed by atoms with E-state index in [4.69, 9.17) is 10.1 Å². The van der Waals surface area contributed by atoms with Crippen molar-refractivity contribution in [3.8, 4) is 5.69 Å². The lowest BCUT2D eigenvalue weighted by atomic mass is 10.0. The summed E-state index contributed by atoms with van der Waals surface area (Å²) in [6.07, 6.45) is 0.994. The number of aromatic nitrogens is 3. The highest BCUT2D eigenvalue weighted by atomic mass is 32.2. The Labute approximate surface area is 176 Å². The van der Waals surface area contributed by atoms with Crippen LogP contribution in [0.4, 0.5) is 4.39 Å². The monoisotopic (exact) mass is 431 g/mol. The molecule has 0 amide bonds. The van der Waals surface area contributed by atoms with E-state index in [1.165, 1.54) is 16.8 Å². The fraction of sp³-hybridized carbons (Fsp3) is 0.333. The van der Waals surface area contributed by atoms with E-state index in [1.807, 2.05) is 44.3 Å². The van der Waals surface area contributed by atoms with E-state index in [0.29, 0.717) is 18.2 Å². The van der Waals surface area contributed by atoms with Crippen LogP contribution in [0.1, 0.15) is 43.4 Å². The van der Waals surface area contributed by atoms with Crippen LogP contribution in [0.5, 0.6) is 0 Å². The maximum Gasteiger partial charge on any atom is 0.238 e. The standard InChI is InChI=1S/C21H26FN5O2S/c1-4-12-26(3)14-20-24-21(15(2)16-8-6-5-7-9-16)27(25-20)19-11-10-17(13-18(19)22)30(23,28)29/h5-11,13,15H,4,12,14H2,1-3H3,(H2,23,28,29). The summed E-state index contributed by atoms with van der Waals surface area (Å²) in [5.41, 5.74) is 1.14. The molecule has 0 fully saturated rings. The molecule has 9 heteroatoms. The van der Waals surface area contributed by atoms with Crippen molar-refractivity contribution in [1.82, 2.24) is 19.7 Å². The quantitative estimate of drug-likeness (QED) is 0.592. The van der Waals surface area contributed by atoms with E-state index < -0.39 is 15.8 Å². The minimum atomic E-state index is -4.00. The number of nitrogens with zero attached hydrogens (tertiary/aromatic N) is 4. The van der Waals surface area contributed by atoms with Gasteiger partial charge in [0.2, 0.25) is 10.0 Å². The molecule has 0 radical (unpaired) electrons. The SMILES string of the molecule is CCCN(C)Cc1nc(C(C)c2ccccc2)n(-c2ccc(S(N)(=O)=O)cc2F)n1. The van der Waals surface area contributed by atoms with Crippen LogP contribution in [0.25, 0.3) is 5.69 Å². The Balaban J connectivity index is 2.09. The summed E-state index contributed by atoms with van der Waals surface area (Å²) < 4.78 is 39.4. The molecule has 2 aromatic carbocycles. The van der Waals surface area contributed by atoms with Crippen LogP contribution in [-0.4, -0.2) is 41.7 Å². The molecule has 30 heavy (non-hydrogen) atoms. The Bertz CT molecular complexity index is 1120. The third kappa shape index (κ3) is 4.92. The van der Waals surface area contributed by atoms with Gasteiger partial charge in [-0.3, -0.25) is 4.90 Å². The molecule has 0 aliphatic carbocycles. The van der Waals surface area contributed by atoms with E-state index in [0.717, 1.165) is 24.6 Å². The molecular formula is C21H26FN5O2S. The van der Waals surface area contributed by atoms with Crippen molar-refractivity contribution >= 4 is 10.0 Å². The minimum Gasteiger partial charge on any atom is -0.299 e. The lowest BCUT2D eigenvalue weighted by Crippen LogP contribution is -2.19. The summed E-state index contributed by atoms with van der Waals surface area (Å²) >= 11 is 0. The average Bonchev–Trinajstić information content (AvgIpc) is 3.10. The van der Waals surface area contributed by atoms with Crippen molar-refractivity contribution in [1.29, 1.82) is 0 Å². The Morgan fingerprint density at radius 3 is 2.50 bits per heavy atom. The summed E-state index contributed by atoms with van der Waals surface area (Å²) in [5, 5.41) is 9.67. The molecule has 160 valence electrons. The lowest BCUT2D eigenvalue weighted by Gasteiger charge is -2.14. The van der Waals surface area contributed by atoms with Gasteiger partial charge in [0.1, 0.15) is 17.3 Å². The number of nitrogens with two attached hydrogens (primary N) is 1. The first-order valence-corrected chi connectivity index (χ1v) is 11.3. The lowest BCUT2D eigenvalue weighted by molar-refractivity contribution is 0.319. The molecule has 3 aromatic rings. The van der Waals surface area contributed by atoms with Gasteiger partial charge in [0.15, 0.2) is 5.82 Å². The number of sulfonamides is 1. The molecule has 0 aliphatic rings. The highest BCUT2D eigenvalue weighted by Gasteiger charge is 2.22. The van der Waals surface area contributed by atoms with E-state index in [1.54, 1.807) is 0 Å². The zero-order chi connectivity index (χ0) is 21.9. The van der Waals surface area contributed by atoms with Crippen LogP contribution in [0.3, 0.4) is 0 Å². The molecule has 2 N–H and O–H groups in total. The molecular weight excluding hydrogens is 405 g/mol. The topological polar surface area (TPSA) is 94.1 Å². The Morgan fingerprint density at radius 1 is 1.20 bits per heavy atom. The summed E-state index contributed by atoms with van der Waals surface area (Å²) in [7, 11) is -2.02. The smallest absolute Gasteiger partial charge is 0.238 e. The van der Waals surface area contributed by atoms with E-state index in [2.05, 4.69) is 16.9 Å². The largest absolute Gasteiger partial charge is 0.299 e. The number of benzene rings is 2. The first-order chi connectivity index (χ1) is 14.2. The van der Waals surface area contributed by atoms with Gasteiger partial charge in [-0.05, 0) is 43.8 Å². The highest BCUT2D eigenvalue weighted by Crippen LogP contribution is 2.27. The summed E-state index contributed by atoms with van der Waals surface area (Å²) in [5.74, 6) is 0.254. The first-order valence-electron chi connectivity index (χ1n) is 9.72. The number of hydrogen-bond acceptors (Lipinski definition) is 5. The number of primary sulfonamides is 1. The van der Waals surface area contributed by atoms with Crippen LogP contribution in [0.2, 0.25) is 0 Å². The highest BCUT2D eigenvalue weighted by molar-refractivity contribution is 7.89. The Kier molecular flexibility index (Phi) is 6.64. The average molecular weight is 432 g/mol. The van der Waals surface area contributed by atoms with Crippen LogP contribution >= 0.6 is 0 Å². The second-order valence-electron chi connectivity index (χ2n) is 7.33. The van der Waals surface area contributed by atoms with Crippen LogP contribution in [0, 0.1) is 5.82 Å². The normalized spacial score (nSPS) is 13.0. The van der Waals surface area contributed by atoms with Gasteiger partial charge < -0.3 is 0 Å². The van der Waals surface area contributed by atoms with Crippen LogP contribution in [-0.2, 0) is 16.6 Å². The second kappa shape index (κ2) is 9.03. The van der Waals surface area contributed by atoms with E-state index in [9.17, 15) is 12.8 Å². The first kappa shape index (κ1) is 22.1. The predicted octanol–water partition coefficient (Wildman–Crippen LogP) is 3.05. The predicted molar refractivity (Wildman–Crippen MR) is 113 cm³/mol. The van der Waals surface area contributed by atoms with Crippen LogP contribution < -0.4 is 5.14 Å². The summed E-state index contributed by atoms with van der Waals surface area (Å²) in [6, 6.07) is 13.3. The maximum absolute atomic E-state index is 14.9. The zero-order valence-electron chi connectivity index (χ0n) is 17.3. The Hall–Kier alpha value is -2.62. The van der Waals surface area contributed by atoms with Crippen molar-refractivity contribution in [2.75, 3.05) is 13.6 Å². The third-order valence-electron chi connectivity index (χ3n) is 4.86. The van der Waals surface area contributed by atoms with Gasteiger partial charge in [-0.15, -0.1) is 5.10 Å². The van der Waals surface area contributed by atoms with Gasteiger partial charge in [-0.25, -0.2) is 27.6 Å². The number of hydrogen-bond donors (Lipinski definition) is 1. The van der Waals surface area contributed by atoms with Gasteiger partial charge >= 0.3 is 0 Å². The fourth-order valence-corrected chi connectivity index (χ4v) is 3.85. The molecule has 0 saturated carbocycles. The molecule has 0 bridgehead atoms. The van der Waals surface area contributed by atoms with Crippen molar-refractivity contribution in [3.63, 3.8) is 0 Å². The molecule has 1 heterocycles. The molecule has 7 nitrogen and oxygen atoms in total. The van der Waals surface area contributed by atoms with Crippen molar-refractivity contribution in [2.45, 2.75) is 37.6 Å². The van der Waals surface area contributed by atoms with Gasteiger partial charge in [0, 0.05) is 5.92 Å². The maximum atomic E-state index is 14.9. The third-order valence-corrected chi connectivity index (χ3v) is 5.77. The second-order valence-corrected chi connectivity index (χ2v) is 8.89. The van der Waals surface area contributed by atoms with Crippen molar-refractivity contribution in [2.24, 2.45) is 5.14 Å². The van der Waals surface area contributed by atoms with Gasteiger partial charge in [-0.1, -0.05) is 44.2 Å². The Morgan fingerprint density at radius 2 is 1.90 bits per heavy atom. The fourth-order valence-electron chi connectivity index (χ4n) is 3.32. The molecule has 0 saturated heterocycles. The molecule has 0 spiro atoms. The zero-order valence-corrected chi connectivity index (χ0v) is 18.1. The van der Waals surface area contributed by atoms with Crippen LogP contribution in [0.15, 0.2) is 53.4 Å². The van der Waals surface area contributed by atoms with E-state index >= 15 is 0 Å². The molecule has 1 unspecified atom stereocenters. The van der Waals surface area contributed by atoms with Crippen molar-refractivity contribution in [3.05, 3.63) is 71.6 Å². The van der Waals surface area contributed by atoms with Crippen molar-refractivity contribution < 1.29 is 12.8 Å². The number of rotatable bonds is 8. The minimum absolute atomic E-state index is 0.122. The van der Waals surface area contributed by atoms with Gasteiger partial charge in [0.25, 0.3) is 0 Å². The molecule has 3 rings (SSSR count). The molecule has 1 aromatic heterocycles. The summed E-state index contributed by atoms with van der Waals surface area (Å²) in [6.45, 7) is 5.47. The summed E-state index contributed by atoms with van der Waals surface area (Å²) in [4.78, 5) is 6.50. The van der Waals surface area contributed by atoms with Gasteiger partial charge in [-0.2, -0.15) is 0 Å². The molecule has 1 atom stereocenters. The number of halogens is 1. The molecule has 0 aliphatic heterocycles. The van der Waals surface area contributed by atoms with E-state index in [-0.39, 0.29) is 16.5 Å².